The van der Waals surface area contributed by atoms with E-state index in [0.29, 0.717) is 24.3 Å². The minimum atomic E-state index is -0.623. The smallest absolute Gasteiger partial charge is 0.383 e. The number of para-hydroxylation sites is 1. The number of benzene rings is 1. The van der Waals surface area contributed by atoms with Crippen LogP contribution in [0.2, 0.25) is 0 Å². The molecule has 0 fully saturated rings. The highest BCUT2D eigenvalue weighted by Crippen LogP contribution is 2.36. The number of phenolic OH excluding ortho intramolecular Hbond substituents is 1. The second-order valence-electron chi connectivity index (χ2n) is 7.54. The van der Waals surface area contributed by atoms with Gasteiger partial charge in [0.25, 0.3) is 0 Å². The zero-order valence-electron chi connectivity index (χ0n) is 18.5. The van der Waals surface area contributed by atoms with Crippen LogP contribution in [0.4, 0.5) is 0 Å². The maximum atomic E-state index is 12.5. The third-order valence-corrected chi connectivity index (χ3v) is 5.00. The van der Waals surface area contributed by atoms with Crippen LogP contribution in [0.1, 0.15) is 78.1 Å². The second kappa shape index (κ2) is 13.7. The molecule has 1 N–H and O–H groups in total. The van der Waals surface area contributed by atoms with Crippen LogP contribution in [0.3, 0.4) is 0 Å². The van der Waals surface area contributed by atoms with Gasteiger partial charge in [0.05, 0.1) is 18.6 Å². The van der Waals surface area contributed by atoms with Crippen molar-refractivity contribution in [2.45, 2.75) is 78.1 Å². The fourth-order valence-electron chi connectivity index (χ4n) is 3.36. The van der Waals surface area contributed by atoms with Crippen molar-refractivity contribution in [2.24, 2.45) is 0 Å². The average Bonchev–Trinajstić information content (AvgIpc) is 2.74. The highest BCUT2D eigenvalue weighted by atomic mass is 16.5. The minimum absolute atomic E-state index is 0.0880. The predicted molar refractivity (Wildman–Crippen MR) is 122 cm³/mol. The van der Waals surface area contributed by atoms with E-state index in [2.05, 4.69) is 19.9 Å². The molecule has 2 aromatic rings. The quantitative estimate of drug-likeness (QED) is 0.197. The molecular weight excluding hydrogens is 380 g/mol. The number of allylic oxidation sites excluding steroid dienone is 1. The van der Waals surface area contributed by atoms with Crippen molar-refractivity contribution in [1.29, 1.82) is 0 Å². The molecule has 0 unspecified atom stereocenters. The van der Waals surface area contributed by atoms with E-state index in [1.54, 1.807) is 12.1 Å². The first-order valence-electron chi connectivity index (χ1n) is 11.4. The molecule has 0 aliphatic carbocycles. The number of hydrogen-bond acceptors (Lipinski definition) is 5. The molecule has 5 heteroatoms. The van der Waals surface area contributed by atoms with Crippen molar-refractivity contribution in [3.63, 3.8) is 0 Å². The summed E-state index contributed by atoms with van der Waals surface area (Å²) in [5.74, 6) is 0.354. The van der Waals surface area contributed by atoms with Gasteiger partial charge in [-0.1, -0.05) is 77.0 Å². The summed E-state index contributed by atoms with van der Waals surface area (Å²) in [6.07, 6.45) is 15.4. The van der Waals surface area contributed by atoms with Gasteiger partial charge in [0.1, 0.15) is 0 Å². The number of rotatable bonds is 15. The lowest BCUT2D eigenvalue weighted by molar-refractivity contribution is 0.255. The fraction of sp³-hybridized carbons (Fsp3) is 0.560. The van der Waals surface area contributed by atoms with Gasteiger partial charge in [-0.15, -0.1) is 0 Å². The van der Waals surface area contributed by atoms with E-state index in [9.17, 15) is 9.90 Å². The second-order valence-corrected chi connectivity index (χ2v) is 7.54. The first kappa shape index (κ1) is 23.8. The highest BCUT2D eigenvalue weighted by molar-refractivity contribution is 5.89. The molecule has 30 heavy (non-hydrogen) atoms. The number of hydrogen-bond donors (Lipinski definition) is 1. The van der Waals surface area contributed by atoms with E-state index in [1.807, 2.05) is 6.08 Å². The van der Waals surface area contributed by atoms with Crippen molar-refractivity contribution in [3.05, 3.63) is 40.8 Å². The lowest BCUT2D eigenvalue weighted by Crippen LogP contribution is -2.11. The van der Waals surface area contributed by atoms with E-state index in [-0.39, 0.29) is 17.1 Å². The SMILES string of the molecule is CCC=CCCOc1c(OCCCCCCCCCC)c(=O)oc2c(O)cccc12. The molecule has 5 nitrogen and oxygen atoms in total. The van der Waals surface area contributed by atoms with E-state index in [0.717, 1.165) is 25.7 Å². The molecule has 0 amide bonds. The van der Waals surface area contributed by atoms with E-state index in [1.165, 1.54) is 44.6 Å². The molecule has 0 atom stereocenters. The van der Waals surface area contributed by atoms with Gasteiger partial charge < -0.3 is 19.0 Å². The molecule has 0 aliphatic rings. The summed E-state index contributed by atoms with van der Waals surface area (Å²) in [5.41, 5.74) is -0.497. The van der Waals surface area contributed by atoms with Crippen LogP contribution in [0.5, 0.6) is 17.2 Å². The van der Waals surface area contributed by atoms with Crippen LogP contribution in [-0.4, -0.2) is 18.3 Å². The summed E-state index contributed by atoms with van der Waals surface area (Å²) in [4.78, 5) is 12.5. The molecule has 1 aromatic heterocycles. The Bertz CT molecular complexity index is 837. The Morgan fingerprint density at radius 2 is 1.60 bits per heavy atom. The van der Waals surface area contributed by atoms with Crippen molar-refractivity contribution >= 4 is 11.0 Å². The molecule has 1 heterocycles. The van der Waals surface area contributed by atoms with Crippen molar-refractivity contribution in [1.82, 2.24) is 0 Å². The third-order valence-electron chi connectivity index (χ3n) is 5.00. The summed E-state index contributed by atoms with van der Waals surface area (Å²) in [6.45, 7) is 5.16. The number of ether oxygens (including phenoxy) is 2. The van der Waals surface area contributed by atoms with Gasteiger partial charge in [0.2, 0.25) is 5.75 Å². The highest BCUT2D eigenvalue weighted by Gasteiger charge is 2.19. The van der Waals surface area contributed by atoms with Crippen LogP contribution < -0.4 is 15.1 Å². The molecular formula is C25H36O5. The third kappa shape index (κ3) is 7.43. The van der Waals surface area contributed by atoms with Gasteiger partial charge in [-0.3, -0.25) is 0 Å². The summed E-state index contributed by atoms with van der Waals surface area (Å²) in [5, 5.41) is 10.6. The zero-order chi connectivity index (χ0) is 21.6. The molecule has 0 spiro atoms. The van der Waals surface area contributed by atoms with Crippen LogP contribution >= 0.6 is 0 Å². The molecule has 0 radical (unpaired) electrons. The molecule has 0 bridgehead atoms. The monoisotopic (exact) mass is 416 g/mol. The minimum Gasteiger partial charge on any atom is -0.504 e. The van der Waals surface area contributed by atoms with Gasteiger partial charge >= 0.3 is 5.63 Å². The van der Waals surface area contributed by atoms with E-state index in [4.69, 9.17) is 13.9 Å². The topological polar surface area (TPSA) is 68.9 Å². The van der Waals surface area contributed by atoms with E-state index >= 15 is 0 Å². The number of phenols is 1. The van der Waals surface area contributed by atoms with E-state index < -0.39 is 5.63 Å². The van der Waals surface area contributed by atoms with Gasteiger partial charge in [-0.05, 0) is 31.4 Å². The Kier molecular flexibility index (Phi) is 10.9. The summed E-state index contributed by atoms with van der Waals surface area (Å²) >= 11 is 0. The van der Waals surface area contributed by atoms with Gasteiger partial charge in [0.15, 0.2) is 17.1 Å². The van der Waals surface area contributed by atoms with Gasteiger partial charge in [0, 0.05) is 0 Å². The maximum absolute atomic E-state index is 12.5. The van der Waals surface area contributed by atoms with Crippen LogP contribution in [-0.2, 0) is 0 Å². The molecule has 2 rings (SSSR count). The predicted octanol–water partition coefficient (Wildman–Crippen LogP) is 6.75. The largest absolute Gasteiger partial charge is 0.504 e. The Labute approximate surface area is 179 Å². The number of aromatic hydroxyl groups is 1. The first-order valence-corrected chi connectivity index (χ1v) is 11.4. The first-order chi connectivity index (χ1) is 14.7. The van der Waals surface area contributed by atoms with Crippen molar-refractivity contribution in [3.8, 4) is 17.2 Å². The average molecular weight is 417 g/mol. The normalized spacial score (nSPS) is 11.4. The Balaban J connectivity index is 2.00. The van der Waals surface area contributed by atoms with Crippen LogP contribution in [0, 0.1) is 0 Å². The Hall–Kier alpha value is -2.43. The summed E-state index contributed by atoms with van der Waals surface area (Å²) < 4.78 is 17.0. The summed E-state index contributed by atoms with van der Waals surface area (Å²) in [7, 11) is 0. The van der Waals surface area contributed by atoms with Crippen molar-refractivity contribution < 1.29 is 19.0 Å². The molecule has 0 saturated carbocycles. The van der Waals surface area contributed by atoms with Crippen LogP contribution in [0.25, 0.3) is 11.0 Å². The Morgan fingerprint density at radius 3 is 2.33 bits per heavy atom. The summed E-state index contributed by atoms with van der Waals surface area (Å²) in [6, 6.07) is 4.95. The fourth-order valence-corrected chi connectivity index (χ4v) is 3.36. The van der Waals surface area contributed by atoms with Gasteiger partial charge in [-0.2, -0.15) is 0 Å². The maximum Gasteiger partial charge on any atom is 0.383 e. The Morgan fingerprint density at radius 1 is 0.900 bits per heavy atom. The zero-order valence-corrected chi connectivity index (χ0v) is 18.5. The molecule has 0 saturated heterocycles. The van der Waals surface area contributed by atoms with Crippen molar-refractivity contribution in [2.75, 3.05) is 13.2 Å². The molecule has 1 aromatic carbocycles. The number of fused-ring (bicyclic) bond motifs is 1. The molecule has 0 aliphatic heterocycles. The van der Waals surface area contributed by atoms with Gasteiger partial charge in [-0.25, -0.2) is 4.79 Å². The number of unbranched alkanes of at least 4 members (excludes halogenated alkanes) is 7. The lowest BCUT2D eigenvalue weighted by Gasteiger charge is -2.14. The molecule has 166 valence electrons. The lowest BCUT2D eigenvalue weighted by atomic mass is 10.1. The standard InChI is InChI=1S/C25H36O5/c1-3-5-7-9-10-11-12-14-19-29-24-23(28-18-13-8-6-4-2)20-16-15-17-21(26)22(20)30-25(24)27/h6,8,15-17,26H,3-5,7,9-14,18-19H2,1-2H3. The van der Waals surface area contributed by atoms with Crippen LogP contribution in [0.15, 0.2) is 39.6 Å².